The number of anilines is 1. The molecule has 1 heterocycles. The van der Waals surface area contributed by atoms with Crippen molar-refractivity contribution in [2.75, 3.05) is 25.0 Å². The first-order valence-corrected chi connectivity index (χ1v) is 15.1. The molecule has 0 atom stereocenters. The third-order valence-electron chi connectivity index (χ3n) is 6.71. The molecular formula is C29H30Cl2N2O5S. The maximum Gasteiger partial charge on any atom is 0.340 e. The average Bonchev–Trinajstić information content (AvgIpc) is 2.93. The first-order valence-electron chi connectivity index (χ1n) is 12.8. The van der Waals surface area contributed by atoms with Crippen LogP contribution >= 0.6 is 23.2 Å². The van der Waals surface area contributed by atoms with E-state index < -0.39 is 21.1 Å². The highest BCUT2D eigenvalue weighted by Gasteiger charge is 2.33. The summed E-state index contributed by atoms with van der Waals surface area (Å²) in [5, 5.41) is 3.19. The van der Waals surface area contributed by atoms with Crippen molar-refractivity contribution in [1.29, 1.82) is 0 Å². The fraction of sp³-hybridized carbons (Fsp3) is 0.310. The molecule has 0 aliphatic carbocycles. The highest BCUT2D eigenvalue weighted by molar-refractivity contribution is 7.92. The van der Waals surface area contributed by atoms with Gasteiger partial charge in [-0.25, -0.2) is 18.0 Å². The number of esters is 1. The quantitative estimate of drug-likeness (QED) is 0.224. The molecule has 39 heavy (non-hydrogen) atoms. The number of ether oxygens (including phenoxy) is 1. The van der Waals surface area contributed by atoms with E-state index in [-0.39, 0.29) is 29.6 Å². The van der Waals surface area contributed by atoms with E-state index in [1.54, 1.807) is 71.6 Å². The van der Waals surface area contributed by atoms with Gasteiger partial charge in [-0.2, -0.15) is 0 Å². The van der Waals surface area contributed by atoms with Crippen molar-refractivity contribution in [1.82, 2.24) is 4.90 Å². The molecule has 3 aromatic rings. The van der Waals surface area contributed by atoms with Gasteiger partial charge in [0.15, 0.2) is 9.84 Å². The van der Waals surface area contributed by atoms with Gasteiger partial charge in [0.05, 0.1) is 28.0 Å². The minimum atomic E-state index is -3.59. The summed E-state index contributed by atoms with van der Waals surface area (Å²) in [6, 6.07) is 18.1. The van der Waals surface area contributed by atoms with Gasteiger partial charge >= 0.3 is 12.0 Å². The van der Waals surface area contributed by atoms with Crippen LogP contribution in [-0.2, 0) is 14.6 Å². The number of para-hydroxylation sites is 1. The molecule has 0 aromatic heterocycles. The van der Waals surface area contributed by atoms with Gasteiger partial charge < -0.3 is 15.0 Å². The number of carbonyl (C=O) groups is 2. The Bertz CT molecular complexity index is 1440. The van der Waals surface area contributed by atoms with Crippen molar-refractivity contribution in [3.05, 3.63) is 82.3 Å². The average molecular weight is 590 g/mol. The third kappa shape index (κ3) is 6.93. The molecule has 1 aliphatic heterocycles. The number of nitrogens with one attached hydrogen (secondary N) is 1. The molecule has 0 saturated carbocycles. The van der Waals surface area contributed by atoms with Crippen LogP contribution < -0.4 is 5.32 Å². The van der Waals surface area contributed by atoms with E-state index in [4.69, 9.17) is 27.9 Å². The van der Waals surface area contributed by atoms with Crippen molar-refractivity contribution in [3.8, 4) is 11.1 Å². The normalized spacial score (nSPS) is 14.2. The summed E-state index contributed by atoms with van der Waals surface area (Å²) in [6.07, 6.45) is 2.28. The molecular weight excluding hydrogens is 559 g/mol. The van der Waals surface area contributed by atoms with Gasteiger partial charge in [-0.3, -0.25) is 0 Å². The summed E-state index contributed by atoms with van der Waals surface area (Å²) in [7, 11) is -3.59. The number of benzene rings is 3. The van der Waals surface area contributed by atoms with Crippen molar-refractivity contribution >= 4 is 50.7 Å². The minimum absolute atomic E-state index is 0.231. The lowest BCUT2D eigenvalue weighted by molar-refractivity contribution is 0.0501. The second-order valence-corrected chi connectivity index (χ2v) is 12.4. The Morgan fingerprint density at radius 2 is 1.69 bits per heavy atom. The van der Waals surface area contributed by atoms with E-state index >= 15 is 0 Å². The molecule has 1 aliphatic rings. The SMILES string of the molecule is CCCCOC(=O)c1ccccc1NC(=O)N1CCC(S(=O)(=O)c2ccc(-c3ccc(Cl)cc3Cl)cc2)CC1. The number of halogens is 2. The summed E-state index contributed by atoms with van der Waals surface area (Å²) in [5.74, 6) is -0.492. The zero-order chi connectivity index (χ0) is 28.0. The number of piperidine rings is 1. The van der Waals surface area contributed by atoms with Gasteiger partial charge in [-0.1, -0.05) is 66.9 Å². The molecule has 1 saturated heterocycles. The van der Waals surface area contributed by atoms with Crippen molar-refractivity contribution in [2.24, 2.45) is 0 Å². The number of urea groups is 1. The maximum atomic E-state index is 13.3. The smallest absolute Gasteiger partial charge is 0.340 e. The van der Waals surface area contributed by atoms with Crippen LogP contribution in [0.5, 0.6) is 0 Å². The number of hydrogen-bond acceptors (Lipinski definition) is 5. The van der Waals surface area contributed by atoms with Crippen LogP contribution in [0.25, 0.3) is 11.1 Å². The second-order valence-electron chi connectivity index (χ2n) is 9.35. The van der Waals surface area contributed by atoms with Crippen LogP contribution in [0.3, 0.4) is 0 Å². The van der Waals surface area contributed by atoms with Gasteiger partial charge in [-0.15, -0.1) is 0 Å². The third-order valence-corrected chi connectivity index (χ3v) is 9.54. The first-order chi connectivity index (χ1) is 18.7. The first kappa shape index (κ1) is 28.9. The number of amides is 2. The largest absolute Gasteiger partial charge is 0.462 e. The lowest BCUT2D eigenvalue weighted by Crippen LogP contribution is -2.44. The Balaban J connectivity index is 1.37. The van der Waals surface area contributed by atoms with E-state index in [1.807, 2.05) is 6.92 Å². The zero-order valence-corrected chi connectivity index (χ0v) is 23.9. The van der Waals surface area contributed by atoms with E-state index in [2.05, 4.69) is 5.32 Å². The lowest BCUT2D eigenvalue weighted by atomic mass is 10.1. The molecule has 206 valence electrons. The summed E-state index contributed by atoms with van der Waals surface area (Å²) < 4.78 is 31.9. The molecule has 1 fully saturated rings. The number of sulfone groups is 1. The Labute approximate surface area is 239 Å². The van der Waals surface area contributed by atoms with Crippen LogP contribution in [0, 0.1) is 0 Å². The predicted molar refractivity (Wildman–Crippen MR) is 154 cm³/mol. The summed E-state index contributed by atoms with van der Waals surface area (Å²) in [5.41, 5.74) is 2.19. The number of carbonyl (C=O) groups excluding carboxylic acids is 2. The summed E-state index contributed by atoms with van der Waals surface area (Å²) >= 11 is 12.3. The zero-order valence-electron chi connectivity index (χ0n) is 21.5. The molecule has 4 rings (SSSR count). The Morgan fingerprint density at radius 3 is 2.36 bits per heavy atom. The van der Waals surface area contributed by atoms with Crippen LogP contribution in [0.2, 0.25) is 10.0 Å². The number of unbranched alkanes of at least 4 members (excludes halogenated alkanes) is 1. The molecule has 0 bridgehead atoms. The van der Waals surface area contributed by atoms with Gasteiger partial charge in [0, 0.05) is 28.7 Å². The molecule has 7 nitrogen and oxygen atoms in total. The second kappa shape index (κ2) is 12.9. The molecule has 0 radical (unpaired) electrons. The maximum absolute atomic E-state index is 13.3. The van der Waals surface area contributed by atoms with Crippen LogP contribution in [0.1, 0.15) is 43.0 Å². The number of rotatable bonds is 8. The van der Waals surface area contributed by atoms with Crippen molar-refractivity contribution in [2.45, 2.75) is 42.8 Å². The Kier molecular flexibility index (Phi) is 9.53. The molecule has 3 aromatic carbocycles. The molecule has 0 unspecified atom stereocenters. The summed E-state index contributed by atoms with van der Waals surface area (Å²) in [4.78, 5) is 27.2. The highest BCUT2D eigenvalue weighted by atomic mass is 35.5. The molecule has 2 amide bonds. The molecule has 10 heteroatoms. The van der Waals surface area contributed by atoms with E-state index in [1.165, 1.54) is 0 Å². The number of nitrogens with zero attached hydrogens (tertiary/aromatic N) is 1. The molecule has 0 spiro atoms. The van der Waals surface area contributed by atoms with E-state index in [9.17, 15) is 18.0 Å². The predicted octanol–water partition coefficient (Wildman–Crippen LogP) is 7.09. The lowest BCUT2D eigenvalue weighted by Gasteiger charge is -2.32. The fourth-order valence-electron chi connectivity index (χ4n) is 4.46. The van der Waals surface area contributed by atoms with Crippen LogP contribution in [0.4, 0.5) is 10.5 Å². The van der Waals surface area contributed by atoms with Crippen molar-refractivity contribution in [3.63, 3.8) is 0 Å². The topological polar surface area (TPSA) is 92.8 Å². The van der Waals surface area contributed by atoms with Crippen LogP contribution in [-0.4, -0.2) is 50.3 Å². The monoisotopic (exact) mass is 588 g/mol. The van der Waals surface area contributed by atoms with Crippen LogP contribution in [0.15, 0.2) is 71.6 Å². The van der Waals surface area contributed by atoms with Gasteiger partial charge in [0.2, 0.25) is 0 Å². The number of likely N-dealkylation sites (tertiary alicyclic amines) is 1. The van der Waals surface area contributed by atoms with E-state index in [0.717, 1.165) is 24.0 Å². The van der Waals surface area contributed by atoms with Gasteiger partial charge in [0.25, 0.3) is 0 Å². The minimum Gasteiger partial charge on any atom is -0.462 e. The van der Waals surface area contributed by atoms with Gasteiger partial charge in [0.1, 0.15) is 0 Å². The highest BCUT2D eigenvalue weighted by Crippen LogP contribution is 2.32. The molecule has 1 N–H and O–H groups in total. The standard InChI is InChI=1S/C29H30Cl2N2O5S/c1-2-3-18-38-28(34)25-6-4-5-7-27(25)32-29(35)33-16-14-23(15-17-33)39(36,37)22-11-8-20(9-12-22)24-13-10-21(30)19-26(24)31/h4-13,19,23H,2-3,14-18H2,1H3,(H,32,35). The summed E-state index contributed by atoms with van der Waals surface area (Å²) in [6.45, 7) is 2.87. The van der Waals surface area contributed by atoms with Gasteiger partial charge in [-0.05, 0) is 61.2 Å². The Morgan fingerprint density at radius 1 is 1.00 bits per heavy atom. The van der Waals surface area contributed by atoms with Crippen molar-refractivity contribution < 1.29 is 22.7 Å². The Hall–Kier alpha value is -3.07. The number of hydrogen-bond donors (Lipinski definition) is 1. The fourth-order valence-corrected chi connectivity index (χ4v) is 6.71. The van der Waals surface area contributed by atoms with E-state index in [0.29, 0.717) is 35.2 Å².